The first kappa shape index (κ1) is 16.8. The standard InChI is InChI=1S/C20H25N5O/c1-13-8-10-15(11-9-13)18-23-19(22-16-6-4-3-5-7-16)24-20-21-14(2)12-17(26)25(18)20/h8-12,16,18H,3-7H2,1-2H3,(H2,21,22,23,24). The number of anilines is 1. The molecule has 4 rings (SSSR count). The van der Waals surface area contributed by atoms with Crippen molar-refractivity contribution < 1.29 is 0 Å². The summed E-state index contributed by atoms with van der Waals surface area (Å²) in [4.78, 5) is 22.0. The van der Waals surface area contributed by atoms with Crippen LogP contribution in [0.3, 0.4) is 0 Å². The topological polar surface area (TPSA) is 71.3 Å². The molecule has 2 aromatic rings. The lowest BCUT2D eigenvalue weighted by Gasteiger charge is -2.30. The molecule has 0 amide bonds. The number of nitrogens with one attached hydrogen (secondary N) is 2. The summed E-state index contributed by atoms with van der Waals surface area (Å²) in [6.45, 7) is 3.89. The van der Waals surface area contributed by atoms with Crippen molar-refractivity contribution in [3.05, 3.63) is 57.5 Å². The third-order valence-electron chi connectivity index (χ3n) is 5.13. The summed E-state index contributed by atoms with van der Waals surface area (Å²) in [6.07, 6.45) is 5.72. The van der Waals surface area contributed by atoms with Gasteiger partial charge in [0.25, 0.3) is 5.56 Å². The highest BCUT2D eigenvalue weighted by Crippen LogP contribution is 2.26. The number of benzene rings is 1. The van der Waals surface area contributed by atoms with E-state index in [-0.39, 0.29) is 5.56 Å². The maximum absolute atomic E-state index is 12.6. The Morgan fingerprint density at radius 1 is 1.12 bits per heavy atom. The van der Waals surface area contributed by atoms with Gasteiger partial charge in [-0.1, -0.05) is 49.1 Å². The zero-order valence-corrected chi connectivity index (χ0v) is 15.3. The quantitative estimate of drug-likeness (QED) is 0.872. The molecule has 1 aliphatic carbocycles. The van der Waals surface area contributed by atoms with Gasteiger partial charge in [-0.15, -0.1) is 0 Å². The fourth-order valence-corrected chi connectivity index (χ4v) is 3.72. The van der Waals surface area contributed by atoms with E-state index in [9.17, 15) is 4.79 Å². The van der Waals surface area contributed by atoms with E-state index in [1.165, 1.54) is 24.8 Å². The van der Waals surface area contributed by atoms with Crippen molar-refractivity contribution >= 4 is 11.9 Å². The summed E-state index contributed by atoms with van der Waals surface area (Å²) in [7, 11) is 0. The van der Waals surface area contributed by atoms with Crippen molar-refractivity contribution in [3.8, 4) is 0 Å². The van der Waals surface area contributed by atoms with E-state index in [0.717, 1.165) is 18.4 Å². The number of guanidine groups is 1. The number of nitrogens with zero attached hydrogens (tertiary/aromatic N) is 3. The maximum atomic E-state index is 12.6. The van der Waals surface area contributed by atoms with Crippen LogP contribution in [0.2, 0.25) is 0 Å². The molecule has 0 saturated heterocycles. The molecule has 2 N–H and O–H groups in total. The van der Waals surface area contributed by atoms with Crippen LogP contribution in [0.25, 0.3) is 0 Å². The van der Waals surface area contributed by atoms with Gasteiger partial charge in [-0.3, -0.25) is 14.7 Å². The van der Waals surface area contributed by atoms with Gasteiger partial charge in [-0.25, -0.2) is 9.98 Å². The van der Waals surface area contributed by atoms with Crippen LogP contribution in [0.15, 0.2) is 40.1 Å². The number of hydrogen-bond acceptors (Lipinski definition) is 5. The normalized spacial score (nSPS) is 20.1. The van der Waals surface area contributed by atoms with Gasteiger partial charge in [0.15, 0.2) is 6.17 Å². The molecule has 1 fully saturated rings. The van der Waals surface area contributed by atoms with Crippen LogP contribution in [0.5, 0.6) is 0 Å². The monoisotopic (exact) mass is 351 g/mol. The molecule has 1 atom stereocenters. The molecule has 1 aromatic heterocycles. The van der Waals surface area contributed by atoms with Crippen LogP contribution in [-0.2, 0) is 0 Å². The molecule has 1 aliphatic heterocycles. The second-order valence-corrected chi connectivity index (χ2v) is 7.30. The highest BCUT2D eigenvalue weighted by molar-refractivity contribution is 5.93. The van der Waals surface area contributed by atoms with Crippen molar-refractivity contribution in [2.45, 2.75) is 58.2 Å². The number of hydrogen-bond donors (Lipinski definition) is 2. The highest BCUT2D eigenvalue weighted by atomic mass is 16.1. The predicted molar refractivity (Wildman–Crippen MR) is 104 cm³/mol. The summed E-state index contributed by atoms with van der Waals surface area (Å²) < 4.78 is 1.63. The molecule has 2 aliphatic rings. The average molecular weight is 351 g/mol. The van der Waals surface area contributed by atoms with Crippen molar-refractivity contribution in [1.29, 1.82) is 0 Å². The number of fused-ring (bicyclic) bond motifs is 1. The highest BCUT2D eigenvalue weighted by Gasteiger charge is 2.26. The Morgan fingerprint density at radius 3 is 2.58 bits per heavy atom. The molecule has 6 heteroatoms. The molecular formula is C20H25N5O. The van der Waals surface area contributed by atoms with Crippen molar-refractivity contribution in [3.63, 3.8) is 0 Å². The van der Waals surface area contributed by atoms with E-state index in [0.29, 0.717) is 23.6 Å². The Labute approximate surface area is 153 Å². The van der Waals surface area contributed by atoms with Crippen molar-refractivity contribution in [2.75, 3.05) is 5.32 Å². The summed E-state index contributed by atoms with van der Waals surface area (Å²) in [6, 6.07) is 10.1. The maximum Gasteiger partial charge on any atom is 0.257 e. The van der Waals surface area contributed by atoms with Crippen LogP contribution >= 0.6 is 0 Å². The van der Waals surface area contributed by atoms with E-state index in [1.54, 1.807) is 10.6 Å². The van der Waals surface area contributed by atoms with Crippen LogP contribution in [0.4, 0.5) is 5.95 Å². The molecule has 2 heterocycles. The van der Waals surface area contributed by atoms with Gasteiger partial charge in [-0.2, -0.15) is 0 Å². The first-order valence-electron chi connectivity index (χ1n) is 9.38. The molecule has 1 unspecified atom stereocenters. The number of rotatable bonds is 2. The SMILES string of the molecule is Cc1ccc(C2N=C(NC3CCCCC3)Nc3nc(C)cc(=O)n32)cc1. The molecule has 26 heavy (non-hydrogen) atoms. The average Bonchev–Trinajstić information content (AvgIpc) is 2.62. The van der Waals surface area contributed by atoms with Crippen LogP contribution < -0.4 is 16.2 Å². The van der Waals surface area contributed by atoms with Gasteiger partial charge in [-0.05, 0) is 32.3 Å². The Balaban J connectivity index is 1.73. The van der Waals surface area contributed by atoms with E-state index in [2.05, 4.69) is 22.5 Å². The van der Waals surface area contributed by atoms with Crippen LogP contribution in [0.1, 0.15) is 55.1 Å². The van der Waals surface area contributed by atoms with Crippen molar-refractivity contribution in [1.82, 2.24) is 14.9 Å². The number of aromatic nitrogens is 2. The van der Waals surface area contributed by atoms with Crippen LogP contribution in [0, 0.1) is 13.8 Å². The molecule has 0 radical (unpaired) electrons. The van der Waals surface area contributed by atoms with Gasteiger partial charge < -0.3 is 5.32 Å². The molecule has 6 nitrogen and oxygen atoms in total. The minimum atomic E-state index is -0.404. The first-order valence-corrected chi connectivity index (χ1v) is 9.38. The smallest absolute Gasteiger partial charge is 0.257 e. The zero-order chi connectivity index (χ0) is 18.1. The fraction of sp³-hybridized carbons (Fsp3) is 0.450. The second-order valence-electron chi connectivity index (χ2n) is 7.30. The second kappa shape index (κ2) is 6.94. The lowest BCUT2D eigenvalue weighted by Crippen LogP contribution is -2.45. The Hall–Kier alpha value is -2.63. The van der Waals surface area contributed by atoms with Gasteiger partial charge in [0.1, 0.15) is 0 Å². The van der Waals surface area contributed by atoms with Gasteiger partial charge in [0.05, 0.1) is 0 Å². The molecule has 136 valence electrons. The zero-order valence-electron chi connectivity index (χ0n) is 15.3. The largest absolute Gasteiger partial charge is 0.353 e. The summed E-state index contributed by atoms with van der Waals surface area (Å²) in [5.74, 6) is 1.26. The third kappa shape index (κ3) is 3.36. The summed E-state index contributed by atoms with van der Waals surface area (Å²) in [5.41, 5.74) is 2.78. The van der Waals surface area contributed by atoms with Gasteiger partial charge in [0.2, 0.25) is 11.9 Å². The van der Waals surface area contributed by atoms with Gasteiger partial charge in [0, 0.05) is 17.8 Å². The molecule has 1 saturated carbocycles. The molecule has 0 bridgehead atoms. The molecular weight excluding hydrogens is 326 g/mol. The molecule has 1 aromatic carbocycles. The Kier molecular flexibility index (Phi) is 4.49. The Morgan fingerprint density at radius 2 is 1.85 bits per heavy atom. The van der Waals surface area contributed by atoms with Crippen LogP contribution in [-0.4, -0.2) is 21.6 Å². The van der Waals surface area contributed by atoms with E-state index in [4.69, 9.17) is 4.99 Å². The third-order valence-corrected chi connectivity index (χ3v) is 5.13. The number of aliphatic imine (C=N–C) groups is 1. The first-order chi connectivity index (χ1) is 12.6. The van der Waals surface area contributed by atoms with E-state index < -0.39 is 6.17 Å². The fourth-order valence-electron chi connectivity index (χ4n) is 3.72. The lowest BCUT2D eigenvalue weighted by atomic mass is 9.96. The minimum Gasteiger partial charge on any atom is -0.353 e. The number of aryl methyl sites for hydroxylation is 2. The Bertz CT molecular complexity index is 878. The lowest BCUT2D eigenvalue weighted by molar-refractivity contribution is 0.410. The van der Waals surface area contributed by atoms with Gasteiger partial charge >= 0.3 is 0 Å². The van der Waals surface area contributed by atoms with Crippen molar-refractivity contribution in [2.24, 2.45) is 4.99 Å². The summed E-state index contributed by atoms with van der Waals surface area (Å²) >= 11 is 0. The minimum absolute atomic E-state index is 0.0916. The summed E-state index contributed by atoms with van der Waals surface area (Å²) in [5, 5.41) is 6.76. The predicted octanol–water partition coefficient (Wildman–Crippen LogP) is 3.11. The molecule has 0 spiro atoms. The van der Waals surface area contributed by atoms with E-state index >= 15 is 0 Å². The van der Waals surface area contributed by atoms with E-state index in [1.807, 2.05) is 31.2 Å².